The number of imidazole rings is 1. The van der Waals surface area contributed by atoms with Gasteiger partial charge in [-0.05, 0) is 44.2 Å². The molecular formula is C21H33N5O2. The fraction of sp³-hybridized carbons (Fsp3) is 0.619. The van der Waals surface area contributed by atoms with Crippen LogP contribution in [-0.2, 0) is 15.9 Å². The molecule has 3 N–H and O–H groups in total. The second-order valence-corrected chi connectivity index (χ2v) is 7.12. The maximum atomic E-state index is 5.80. The molecule has 1 saturated heterocycles. The summed E-state index contributed by atoms with van der Waals surface area (Å²) in [5.41, 5.74) is 2.10. The highest BCUT2D eigenvalue weighted by Gasteiger charge is 2.13. The molecule has 1 aromatic carbocycles. The Morgan fingerprint density at radius 2 is 2.14 bits per heavy atom. The molecule has 0 bridgehead atoms. The topological polar surface area (TPSA) is 83.6 Å². The minimum atomic E-state index is 0.662. The van der Waals surface area contributed by atoms with E-state index in [1.165, 1.54) is 0 Å². The average Bonchev–Trinajstić information content (AvgIpc) is 3.14. The number of ether oxygens (including phenoxy) is 2. The maximum Gasteiger partial charge on any atom is 0.191 e. The van der Waals surface area contributed by atoms with Gasteiger partial charge < -0.3 is 25.1 Å². The van der Waals surface area contributed by atoms with Gasteiger partial charge in [0, 0.05) is 52.5 Å². The van der Waals surface area contributed by atoms with Crippen molar-refractivity contribution in [2.45, 2.75) is 32.6 Å². The van der Waals surface area contributed by atoms with Gasteiger partial charge in [0.15, 0.2) is 5.96 Å². The summed E-state index contributed by atoms with van der Waals surface area (Å²) in [6.45, 7) is 7.83. The number of fused-ring (bicyclic) bond motifs is 1. The van der Waals surface area contributed by atoms with Crippen molar-refractivity contribution < 1.29 is 9.47 Å². The Balaban J connectivity index is 1.32. The van der Waals surface area contributed by atoms with E-state index in [1.54, 1.807) is 0 Å². The lowest BCUT2D eigenvalue weighted by Gasteiger charge is -2.21. The normalized spacial score (nSPS) is 15.8. The Morgan fingerprint density at radius 3 is 2.96 bits per heavy atom. The monoisotopic (exact) mass is 387 g/mol. The molecule has 0 aliphatic carbocycles. The molecule has 2 heterocycles. The van der Waals surface area contributed by atoms with Crippen LogP contribution in [0.5, 0.6) is 0 Å². The van der Waals surface area contributed by atoms with Gasteiger partial charge in [0.05, 0.1) is 11.0 Å². The van der Waals surface area contributed by atoms with Crippen LogP contribution in [0.4, 0.5) is 0 Å². The number of aromatic amines is 1. The minimum absolute atomic E-state index is 0.662. The number of H-pyrrole nitrogens is 1. The second-order valence-electron chi connectivity index (χ2n) is 7.12. The number of benzene rings is 1. The van der Waals surface area contributed by atoms with Gasteiger partial charge in [0.2, 0.25) is 0 Å². The van der Waals surface area contributed by atoms with Gasteiger partial charge in [-0.15, -0.1) is 0 Å². The fourth-order valence-corrected chi connectivity index (χ4v) is 3.29. The molecule has 7 nitrogen and oxygen atoms in total. The van der Waals surface area contributed by atoms with Crippen LogP contribution < -0.4 is 10.6 Å². The number of aliphatic imine (C=N–C) groups is 1. The SMILES string of the molecule is CCNC(=NCCCOCC1CCOCC1)NCCc1nc2ccccc2[nH]1. The lowest BCUT2D eigenvalue weighted by molar-refractivity contribution is 0.0205. The van der Waals surface area contributed by atoms with Crippen LogP contribution in [-0.4, -0.2) is 62.0 Å². The molecule has 1 aromatic heterocycles. The third-order valence-corrected chi connectivity index (χ3v) is 4.85. The predicted molar refractivity (Wildman–Crippen MR) is 113 cm³/mol. The van der Waals surface area contributed by atoms with Crippen molar-refractivity contribution >= 4 is 17.0 Å². The van der Waals surface area contributed by atoms with Crippen LogP contribution in [0.15, 0.2) is 29.3 Å². The van der Waals surface area contributed by atoms with Crippen LogP contribution in [0.25, 0.3) is 11.0 Å². The molecular weight excluding hydrogens is 354 g/mol. The van der Waals surface area contributed by atoms with Gasteiger partial charge in [0.25, 0.3) is 0 Å². The Kier molecular flexibility index (Phi) is 8.58. The first-order valence-corrected chi connectivity index (χ1v) is 10.5. The summed E-state index contributed by atoms with van der Waals surface area (Å²) >= 11 is 0. The van der Waals surface area contributed by atoms with Crippen molar-refractivity contribution in [1.29, 1.82) is 0 Å². The summed E-state index contributed by atoms with van der Waals surface area (Å²) in [5.74, 6) is 2.50. The highest BCUT2D eigenvalue weighted by Crippen LogP contribution is 2.14. The molecule has 0 spiro atoms. The molecule has 154 valence electrons. The highest BCUT2D eigenvalue weighted by atomic mass is 16.5. The van der Waals surface area contributed by atoms with E-state index in [4.69, 9.17) is 9.47 Å². The first-order valence-electron chi connectivity index (χ1n) is 10.5. The van der Waals surface area contributed by atoms with Gasteiger partial charge in [-0.1, -0.05) is 12.1 Å². The van der Waals surface area contributed by atoms with Gasteiger partial charge in [-0.3, -0.25) is 4.99 Å². The van der Waals surface area contributed by atoms with E-state index in [9.17, 15) is 0 Å². The summed E-state index contributed by atoms with van der Waals surface area (Å²) in [4.78, 5) is 12.6. The Bertz CT molecular complexity index is 691. The first kappa shape index (κ1) is 20.6. The van der Waals surface area contributed by atoms with Gasteiger partial charge in [-0.25, -0.2) is 4.98 Å². The van der Waals surface area contributed by atoms with Crippen LogP contribution in [0.1, 0.15) is 32.0 Å². The number of para-hydroxylation sites is 2. The van der Waals surface area contributed by atoms with Gasteiger partial charge in [0.1, 0.15) is 5.82 Å². The highest BCUT2D eigenvalue weighted by molar-refractivity contribution is 5.79. The third kappa shape index (κ3) is 6.80. The molecule has 2 aromatic rings. The average molecular weight is 388 g/mol. The Morgan fingerprint density at radius 1 is 1.29 bits per heavy atom. The second kappa shape index (κ2) is 11.7. The van der Waals surface area contributed by atoms with Crippen LogP contribution in [0, 0.1) is 5.92 Å². The number of guanidine groups is 1. The predicted octanol–water partition coefficient (Wildman–Crippen LogP) is 2.49. The summed E-state index contributed by atoms with van der Waals surface area (Å²) in [6.07, 6.45) is 4.01. The molecule has 1 fully saturated rings. The molecule has 3 rings (SSSR count). The molecule has 0 unspecified atom stereocenters. The largest absolute Gasteiger partial charge is 0.381 e. The Labute approximate surface area is 167 Å². The number of nitrogens with zero attached hydrogens (tertiary/aromatic N) is 2. The van der Waals surface area contributed by atoms with Crippen molar-refractivity contribution in [3.05, 3.63) is 30.1 Å². The molecule has 28 heavy (non-hydrogen) atoms. The molecule has 1 aliphatic rings. The number of aromatic nitrogens is 2. The zero-order valence-electron chi connectivity index (χ0n) is 16.9. The van der Waals surface area contributed by atoms with Gasteiger partial charge >= 0.3 is 0 Å². The van der Waals surface area contributed by atoms with E-state index in [1.807, 2.05) is 18.2 Å². The zero-order chi connectivity index (χ0) is 19.4. The van der Waals surface area contributed by atoms with E-state index >= 15 is 0 Å². The van der Waals surface area contributed by atoms with Crippen molar-refractivity contribution in [2.24, 2.45) is 10.9 Å². The van der Waals surface area contributed by atoms with Crippen molar-refractivity contribution in [3.8, 4) is 0 Å². The fourth-order valence-electron chi connectivity index (χ4n) is 3.29. The molecule has 7 heteroatoms. The summed E-state index contributed by atoms with van der Waals surface area (Å²) in [5, 5.41) is 6.67. The van der Waals surface area contributed by atoms with Crippen molar-refractivity contribution in [2.75, 3.05) is 46.1 Å². The lowest BCUT2D eigenvalue weighted by Crippen LogP contribution is -2.38. The van der Waals surface area contributed by atoms with Gasteiger partial charge in [-0.2, -0.15) is 0 Å². The summed E-state index contributed by atoms with van der Waals surface area (Å²) in [6, 6.07) is 8.10. The summed E-state index contributed by atoms with van der Waals surface area (Å²) in [7, 11) is 0. The number of hydrogen-bond donors (Lipinski definition) is 3. The molecule has 1 aliphatic heterocycles. The third-order valence-electron chi connectivity index (χ3n) is 4.85. The van der Waals surface area contributed by atoms with E-state index in [-0.39, 0.29) is 0 Å². The molecule has 0 atom stereocenters. The maximum absolute atomic E-state index is 5.80. The lowest BCUT2D eigenvalue weighted by atomic mass is 10.0. The smallest absolute Gasteiger partial charge is 0.191 e. The van der Waals surface area contributed by atoms with E-state index in [2.05, 4.69) is 38.6 Å². The number of rotatable bonds is 10. The minimum Gasteiger partial charge on any atom is -0.381 e. The van der Waals surface area contributed by atoms with Crippen LogP contribution >= 0.6 is 0 Å². The summed E-state index contributed by atoms with van der Waals surface area (Å²) < 4.78 is 11.2. The Hall–Kier alpha value is -2.12. The zero-order valence-corrected chi connectivity index (χ0v) is 16.9. The van der Waals surface area contributed by atoms with Crippen molar-refractivity contribution in [1.82, 2.24) is 20.6 Å². The van der Waals surface area contributed by atoms with Crippen LogP contribution in [0.2, 0.25) is 0 Å². The van der Waals surface area contributed by atoms with E-state index < -0.39 is 0 Å². The first-order chi connectivity index (χ1) is 13.8. The number of hydrogen-bond acceptors (Lipinski definition) is 4. The molecule has 0 amide bonds. The van der Waals surface area contributed by atoms with Crippen LogP contribution in [0.3, 0.4) is 0 Å². The van der Waals surface area contributed by atoms with E-state index in [0.29, 0.717) is 5.92 Å². The van der Waals surface area contributed by atoms with Crippen molar-refractivity contribution in [3.63, 3.8) is 0 Å². The molecule has 0 radical (unpaired) electrons. The van der Waals surface area contributed by atoms with E-state index in [0.717, 1.165) is 94.6 Å². The quantitative estimate of drug-likeness (QED) is 0.331. The number of nitrogens with one attached hydrogen (secondary N) is 3. The standard InChI is InChI=1S/C21H33N5O2/c1-2-22-21(23-11-5-13-28-16-17-9-14-27-15-10-17)24-12-8-20-25-18-6-3-4-7-19(18)26-20/h3-4,6-7,17H,2,5,8-16H2,1H3,(H,25,26)(H2,22,23,24). The molecule has 0 saturated carbocycles.